The van der Waals surface area contributed by atoms with Gasteiger partial charge in [0.25, 0.3) is 5.56 Å². The van der Waals surface area contributed by atoms with Crippen molar-refractivity contribution in [1.82, 2.24) is 15.0 Å². The van der Waals surface area contributed by atoms with Crippen molar-refractivity contribution in [3.8, 4) is 0 Å². The zero-order chi connectivity index (χ0) is 18.7. The fourth-order valence-corrected chi connectivity index (χ4v) is 6.11. The summed E-state index contributed by atoms with van der Waals surface area (Å²) < 4.78 is 0. The van der Waals surface area contributed by atoms with Crippen LogP contribution in [0.2, 0.25) is 0 Å². The molecular formula is C23H35N3O. The van der Waals surface area contributed by atoms with Gasteiger partial charge >= 0.3 is 0 Å². The van der Waals surface area contributed by atoms with Crippen LogP contribution in [-0.2, 0) is 6.42 Å². The highest BCUT2D eigenvalue weighted by atomic mass is 16.1. The first kappa shape index (κ1) is 18.8. The second-order valence-electron chi connectivity index (χ2n) is 9.24. The molecule has 4 rings (SSSR count). The van der Waals surface area contributed by atoms with Gasteiger partial charge in [0.1, 0.15) is 5.52 Å². The molecule has 2 aromatic heterocycles. The highest BCUT2D eigenvalue weighted by molar-refractivity contribution is 5.77. The Bertz CT molecular complexity index is 803. The molecule has 0 aliphatic heterocycles. The molecule has 0 radical (unpaired) electrons. The Hall–Kier alpha value is -1.58. The van der Waals surface area contributed by atoms with Crippen LogP contribution in [0, 0.1) is 17.3 Å². The van der Waals surface area contributed by atoms with Crippen molar-refractivity contribution < 1.29 is 0 Å². The van der Waals surface area contributed by atoms with Gasteiger partial charge < -0.3 is 9.97 Å². The molecule has 2 fully saturated rings. The van der Waals surface area contributed by atoms with Crippen molar-refractivity contribution in [2.24, 2.45) is 17.3 Å². The van der Waals surface area contributed by atoms with E-state index in [1.165, 1.54) is 82.6 Å². The van der Waals surface area contributed by atoms with Crippen LogP contribution in [0.4, 0.5) is 0 Å². The lowest BCUT2D eigenvalue weighted by atomic mass is 9.64. The second-order valence-corrected chi connectivity index (χ2v) is 9.24. The summed E-state index contributed by atoms with van der Waals surface area (Å²) in [7, 11) is 0. The third-order valence-corrected chi connectivity index (χ3v) is 7.57. The van der Waals surface area contributed by atoms with E-state index in [1.807, 2.05) is 6.20 Å². The molecule has 2 aromatic rings. The Morgan fingerprint density at radius 1 is 1.19 bits per heavy atom. The first-order chi connectivity index (χ1) is 13.2. The van der Waals surface area contributed by atoms with Crippen LogP contribution in [0.25, 0.3) is 11.0 Å². The molecule has 0 aromatic carbocycles. The molecule has 4 nitrogen and oxygen atoms in total. The SMILES string of the molecule is CCCCCCCC(Cc1c[nH]c2c(=O)[nH]cnc12)C12CCCC(CC1)C2. The van der Waals surface area contributed by atoms with Crippen LogP contribution in [0.1, 0.15) is 89.5 Å². The molecule has 2 N–H and O–H groups in total. The normalized spacial score (nSPS) is 25.9. The number of H-pyrrole nitrogens is 2. The quantitative estimate of drug-likeness (QED) is 0.554. The molecule has 3 atom stereocenters. The summed E-state index contributed by atoms with van der Waals surface area (Å²) in [6.45, 7) is 2.29. The minimum atomic E-state index is -0.0564. The van der Waals surface area contributed by atoms with Crippen LogP contribution in [0.5, 0.6) is 0 Å². The van der Waals surface area contributed by atoms with Crippen molar-refractivity contribution >= 4 is 11.0 Å². The number of fused-ring (bicyclic) bond motifs is 3. The molecule has 2 aliphatic carbocycles. The van der Waals surface area contributed by atoms with E-state index in [0.29, 0.717) is 10.9 Å². The van der Waals surface area contributed by atoms with Gasteiger partial charge in [0.15, 0.2) is 0 Å². The van der Waals surface area contributed by atoms with E-state index in [0.717, 1.165) is 23.8 Å². The average Bonchev–Trinajstić information content (AvgIpc) is 3.22. The fraction of sp³-hybridized carbons (Fsp3) is 0.739. The highest BCUT2D eigenvalue weighted by Gasteiger charge is 2.46. The van der Waals surface area contributed by atoms with Gasteiger partial charge in [-0.05, 0) is 61.3 Å². The maximum atomic E-state index is 12.1. The zero-order valence-electron chi connectivity index (χ0n) is 16.9. The first-order valence-corrected chi connectivity index (χ1v) is 11.3. The molecular weight excluding hydrogens is 334 g/mol. The lowest BCUT2D eigenvalue weighted by Crippen LogP contribution is -2.32. The maximum absolute atomic E-state index is 12.1. The van der Waals surface area contributed by atoms with E-state index in [1.54, 1.807) is 6.33 Å². The number of nitrogens with one attached hydrogen (secondary N) is 2. The molecule has 0 saturated heterocycles. The summed E-state index contributed by atoms with van der Waals surface area (Å²) in [5, 5.41) is 0. The zero-order valence-corrected chi connectivity index (χ0v) is 16.9. The molecule has 27 heavy (non-hydrogen) atoms. The maximum Gasteiger partial charge on any atom is 0.275 e. The Labute approximate surface area is 162 Å². The third kappa shape index (κ3) is 3.86. The monoisotopic (exact) mass is 369 g/mol. The van der Waals surface area contributed by atoms with Gasteiger partial charge in [0, 0.05) is 6.20 Å². The fourth-order valence-electron chi connectivity index (χ4n) is 6.11. The van der Waals surface area contributed by atoms with Crippen LogP contribution >= 0.6 is 0 Å². The van der Waals surface area contributed by atoms with Crippen LogP contribution in [0.15, 0.2) is 17.3 Å². The van der Waals surface area contributed by atoms with Gasteiger partial charge in [-0.1, -0.05) is 51.9 Å². The summed E-state index contributed by atoms with van der Waals surface area (Å²) in [5.74, 6) is 1.72. The van der Waals surface area contributed by atoms with Crippen molar-refractivity contribution in [3.63, 3.8) is 0 Å². The smallest absolute Gasteiger partial charge is 0.275 e. The third-order valence-electron chi connectivity index (χ3n) is 7.57. The van der Waals surface area contributed by atoms with Crippen LogP contribution < -0.4 is 5.56 Å². The summed E-state index contributed by atoms with van der Waals surface area (Å²) >= 11 is 0. The number of aromatic nitrogens is 3. The molecule has 0 amide bonds. The Balaban J connectivity index is 1.53. The van der Waals surface area contributed by atoms with E-state index in [-0.39, 0.29) is 5.56 Å². The van der Waals surface area contributed by atoms with E-state index in [9.17, 15) is 4.79 Å². The van der Waals surface area contributed by atoms with Gasteiger partial charge in [-0.15, -0.1) is 0 Å². The lowest BCUT2D eigenvalue weighted by Gasteiger charge is -2.41. The molecule has 148 valence electrons. The van der Waals surface area contributed by atoms with E-state index >= 15 is 0 Å². The largest absolute Gasteiger partial charge is 0.355 e. The minimum Gasteiger partial charge on any atom is -0.355 e. The van der Waals surface area contributed by atoms with Gasteiger partial charge in [0.2, 0.25) is 0 Å². The van der Waals surface area contributed by atoms with E-state index in [4.69, 9.17) is 0 Å². The predicted octanol–water partition coefficient (Wildman–Crippen LogP) is 5.74. The summed E-state index contributed by atoms with van der Waals surface area (Å²) in [4.78, 5) is 22.4. The highest BCUT2D eigenvalue weighted by Crippen LogP contribution is 2.57. The summed E-state index contributed by atoms with van der Waals surface area (Å²) in [6, 6.07) is 0. The van der Waals surface area contributed by atoms with Gasteiger partial charge in [-0.2, -0.15) is 0 Å². The van der Waals surface area contributed by atoms with Gasteiger partial charge in [-0.3, -0.25) is 4.79 Å². The summed E-state index contributed by atoms with van der Waals surface area (Å²) in [6.07, 6.45) is 21.4. The molecule has 2 bridgehead atoms. The van der Waals surface area contributed by atoms with Crippen molar-refractivity contribution in [2.75, 3.05) is 0 Å². The number of rotatable bonds is 9. The minimum absolute atomic E-state index is 0.0564. The van der Waals surface area contributed by atoms with E-state index in [2.05, 4.69) is 21.9 Å². The summed E-state index contributed by atoms with van der Waals surface area (Å²) in [5.41, 5.74) is 3.27. The Kier molecular flexibility index (Phi) is 5.70. The predicted molar refractivity (Wildman–Crippen MR) is 111 cm³/mol. The topological polar surface area (TPSA) is 61.5 Å². The number of nitrogens with zero attached hydrogens (tertiary/aromatic N) is 1. The number of aromatic amines is 2. The average molecular weight is 370 g/mol. The Morgan fingerprint density at radius 3 is 2.96 bits per heavy atom. The Morgan fingerprint density at radius 2 is 2.07 bits per heavy atom. The first-order valence-electron chi connectivity index (χ1n) is 11.3. The van der Waals surface area contributed by atoms with Gasteiger partial charge in [0.05, 0.1) is 11.8 Å². The van der Waals surface area contributed by atoms with E-state index < -0.39 is 0 Å². The second kappa shape index (κ2) is 8.20. The lowest BCUT2D eigenvalue weighted by molar-refractivity contribution is 0.105. The molecule has 2 heterocycles. The number of hydrogen-bond donors (Lipinski definition) is 2. The molecule has 2 aliphatic rings. The standard InChI is InChI=1S/C23H35N3O/c1-2-3-4-5-6-9-19(23-11-7-8-17(14-23)10-12-23)13-18-15-24-21-20(18)25-16-26-22(21)27/h15-17,19,24H,2-14H2,1H3,(H,25,26,27). The van der Waals surface area contributed by atoms with Crippen LogP contribution in [-0.4, -0.2) is 15.0 Å². The van der Waals surface area contributed by atoms with Crippen molar-refractivity contribution in [1.29, 1.82) is 0 Å². The van der Waals surface area contributed by atoms with Crippen molar-refractivity contribution in [3.05, 3.63) is 28.4 Å². The number of unbranched alkanes of at least 4 members (excludes halogenated alkanes) is 4. The van der Waals surface area contributed by atoms with Gasteiger partial charge in [-0.25, -0.2) is 4.98 Å². The van der Waals surface area contributed by atoms with Crippen LogP contribution in [0.3, 0.4) is 0 Å². The molecule has 4 heteroatoms. The molecule has 3 unspecified atom stereocenters. The molecule has 2 saturated carbocycles. The molecule has 0 spiro atoms. The number of hydrogen-bond acceptors (Lipinski definition) is 2. The van der Waals surface area contributed by atoms with Crippen molar-refractivity contribution in [2.45, 2.75) is 90.4 Å².